The van der Waals surface area contributed by atoms with Crippen LogP contribution in [0.15, 0.2) is 47.0 Å². The second-order valence-corrected chi connectivity index (χ2v) is 7.26. The van der Waals surface area contributed by atoms with Gasteiger partial charge in [0.15, 0.2) is 11.5 Å². The third-order valence-corrected chi connectivity index (χ3v) is 5.22. The maximum absolute atomic E-state index is 12.7. The number of halogens is 3. The van der Waals surface area contributed by atoms with Crippen LogP contribution in [0.5, 0.6) is 11.5 Å². The van der Waals surface area contributed by atoms with Crippen molar-refractivity contribution in [2.45, 2.75) is 18.5 Å². The topological polar surface area (TPSA) is 77.7 Å². The third-order valence-electron chi connectivity index (χ3n) is 5.22. The Morgan fingerprint density at radius 1 is 1.00 bits per heavy atom. The smallest absolute Gasteiger partial charge is 0.416 e. The zero-order valence-electron chi connectivity index (χ0n) is 16.1. The Kier molecular flexibility index (Phi) is 4.57. The lowest BCUT2D eigenvalue weighted by molar-refractivity contribution is -0.137. The third kappa shape index (κ3) is 3.69. The highest BCUT2D eigenvalue weighted by Gasteiger charge is 2.36. The molecule has 0 radical (unpaired) electrons. The predicted octanol–water partition coefficient (Wildman–Crippen LogP) is 4.05. The van der Waals surface area contributed by atoms with Crippen molar-refractivity contribution in [2.75, 3.05) is 24.7 Å². The van der Waals surface area contributed by atoms with Crippen LogP contribution in [-0.2, 0) is 11.0 Å². The molecule has 160 valence electrons. The maximum Gasteiger partial charge on any atom is 0.416 e. The van der Waals surface area contributed by atoms with E-state index in [-0.39, 0.29) is 30.0 Å². The second-order valence-electron chi connectivity index (χ2n) is 7.26. The molecule has 0 unspecified atom stereocenters. The number of fused-ring (bicyclic) bond motifs is 1. The first-order valence-electron chi connectivity index (χ1n) is 9.60. The average Bonchev–Trinajstić information content (AvgIpc) is 3.40. The molecule has 2 aromatic carbocycles. The molecule has 0 N–H and O–H groups in total. The fraction of sp³-hybridized carbons (Fsp3) is 0.286. The van der Waals surface area contributed by atoms with Crippen LogP contribution in [0.2, 0.25) is 0 Å². The average molecular weight is 431 g/mol. The number of ether oxygens (including phenoxy) is 2. The van der Waals surface area contributed by atoms with Gasteiger partial charge in [0.25, 0.3) is 0 Å². The lowest BCUT2D eigenvalue weighted by atomic mass is 10.1. The van der Waals surface area contributed by atoms with Gasteiger partial charge >= 0.3 is 6.18 Å². The van der Waals surface area contributed by atoms with E-state index in [9.17, 15) is 18.0 Å². The van der Waals surface area contributed by atoms with Crippen molar-refractivity contribution in [3.8, 4) is 22.9 Å². The molecule has 0 aliphatic carbocycles. The van der Waals surface area contributed by atoms with Gasteiger partial charge in [-0.15, -0.1) is 0 Å². The first-order valence-corrected chi connectivity index (χ1v) is 9.60. The molecular weight excluding hydrogens is 415 g/mol. The van der Waals surface area contributed by atoms with E-state index in [0.29, 0.717) is 42.5 Å². The Hall–Kier alpha value is -3.56. The van der Waals surface area contributed by atoms with E-state index in [2.05, 4.69) is 10.1 Å². The number of carbonyl (C=O) groups is 1. The van der Waals surface area contributed by atoms with E-state index < -0.39 is 11.7 Å². The molecule has 0 spiro atoms. The lowest BCUT2D eigenvalue weighted by Gasteiger charge is -2.22. The molecule has 3 aromatic rings. The minimum atomic E-state index is -4.41. The maximum atomic E-state index is 12.7. The number of hydrogen-bond donors (Lipinski definition) is 0. The van der Waals surface area contributed by atoms with Gasteiger partial charge in [0, 0.05) is 30.3 Å². The minimum Gasteiger partial charge on any atom is -0.486 e. The van der Waals surface area contributed by atoms with Crippen LogP contribution in [0.4, 0.5) is 18.9 Å². The summed E-state index contributed by atoms with van der Waals surface area (Å²) in [5.74, 6) is 1.24. The van der Waals surface area contributed by atoms with Crippen molar-refractivity contribution in [2.24, 2.45) is 0 Å². The molecule has 2 aliphatic rings. The summed E-state index contributed by atoms with van der Waals surface area (Å²) in [6.45, 7) is 1.27. The normalized spacial score (nSPS) is 18.5. The molecule has 2 aliphatic heterocycles. The van der Waals surface area contributed by atoms with Gasteiger partial charge in [-0.3, -0.25) is 4.79 Å². The number of anilines is 1. The number of nitrogens with zero attached hydrogens (tertiary/aromatic N) is 3. The minimum absolute atomic E-state index is 0.101. The van der Waals surface area contributed by atoms with Gasteiger partial charge in [0.2, 0.25) is 17.6 Å². The highest BCUT2D eigenvalue weighted by molar-refractivity contribution is 5.96. The van der Waals surface area contributed by atoms with E-state index in [1.807, 2.05) is 0 Å². The molecule has 1 saturated heterocycles. The molecule has 7 nitrogen and oxygen atoms in total. The SMILES string of the molecule is O=C1C[C@H](c2nc(-c3ccc(C(F)(F)F)cc3)no2)CN1c1ccc2c(c1)OCCO2. The Balaban J connectivity index is 1.33. The lowest BCUT2D eigenvalue weighted by Crippen LogP contribution is -2.24. The van der Waals surface area contributed by atoms with Crippen molar-refractivity contribution < 1.29 is 32.0 Å². The zero-order valence-corrected chi connectivity index (χ0v) is 16.1. The van der Waals surface area contributed by atoms with Crippen LogP contribution in [0, 0.1) is 0 Å². The van der Waals surface area contributed by atoms with E-state index in [0.717, 1.165) is 12.1 Å². The van der Waals surface area contributed by atoms with Crippen LogP contribution in [0.1, 0.15) is 23.8 Å². The summed E-state index contributed by atoms with van der Waals surface area (Å²) < 4.78 is 54.6. The second kappa shape index (κ2) is 7.29. The van der Waals surface area contributed by atoms with Crippen LogP contribution < -0.4 is 14.4 Å². The largest absolute Gasteiger partial charge is 0.486 e. The number of rotatable bonds is 3. The van der Waals surface area contributed by atoms with Crippen molar-refractivity contribution >= 4 is 11.6 Å². The number of benzene rings is 2. The summed E-state index contributed by atoms with van der Waals surface area (Å²) in [7, 11) is 0. The molecule has 0 saturated carbocycles. The summed E-state index contributed by atoms with van der Waals surface area (Å²) in [5, 5.41) is 3.87. The first-order chi connectivity index (χ1) is 14.9. The van der Waals surface area contributed by atoms with Gasteiger partial charge in [-0.05, 0) is 24.3 Å². The summed E-state index contributed by atoms with van der Waals surface area (Å²) >= 11 is 0. The van der Waals surface area contributed by atoms with Crippen molar-refractivity contribution in [1.29, 1.82) is 0 Å². The number of hydrogen-bond acceptors (Lipinski definition) is 6. The monoisotopic (exact) mass is 431 g/mol. The molecule has 1 fully saturated rings. The predicted molar refractivity (Wildman–Crippen MR) is 102 cm³/mol. The van der Waals surface area contributed by atoms with Gasteiger partial charge in [-0.1, -0.05) is 17.3 Å². The summed E-state index contributed by atoms with van der Waals surface area (Å²) in [6, 6.07) is 9.82. The Labute approximate surface area is 174 Å². The molecule has 3 heterocycles. The van der Waals surface area contributed by atoms with Gasteiger partial charge in [0.1, 0.15) is 13.2 Å². The fourth-order valence-corrected chi connectivity index (χ4v) is 3.65. The molecular formula is C21H16F3N3O4. The summed E-state index contributed by atoms with van der Waals surface area (Å²) in [5.41, 5.74) is 0.326. The van der Waals surface area contributed by atoms with Crippen molar-refractivity contribution in [3.63, 3.8) is 0 Å². The quantitative estimate of drug-likeness (QED) is 0.623. The number of alkyl halides is 3. The molecule has 1 aromatic heterocycles. The van der Waals surface area contributed by atoms with E-state index in [1.54, 1.807) is 23.1 Å². The first kappa shape index (κ1) is 19.4. The number of aromatic nitrogens is 2. The summed E-state index contributed by atoms with van der Waals surface area (Å²) in [4.78, 5) is 18.5. The number of amides is 1. The molecule has 1 amide bonds. The Bertz CT molecular complexity index is 1130. The number of carbonyl (C=O) groups excluding carboxylic acids is 1. The molecule has 1 atom stereocenters. The zero-order chi connectivity index (χ0) is 21.6. The van der Waals surface area contributed by atoms with Crippen LogP contribution in [-0.4, -0.2) is 35.8 Å². The van der Waals surface area contributed by atoms with Crippen LogP contribution in [0.25, 0.3) is 11.4 Å². The van der Waals surface area contributed by atoms with Crippen LogP contribution >= 0.6 is 0 Å². The standard InChI is InChI=1S/C21H16F3N3O4/c22-21(23,24)14-3-1-12(2-4-14)19-25-20(31-26-19)13-9-18(28)27(11-13)15-5-6-16-17(10-15)30-8-7-29-16/h1-6,10,13H,7-9,11H2/t13-/m0/s1. The Morgan fingerprint density at radius 2 is 1.74 bits per heavy atom. The van der Waals surface area contributed by atoms with E-state index in [4.69, 9.17) is 14.0 Å². The highest BCUT2D eigenvalue weighted by atomic mass is 19.4. The van der Waals surface area contributed by atoms with Gasteiger partial charge in [0.05, 0.1) is 11.5 Å². The van der Waals surface area contributed by atoms with Crippen molar-refractivity contribution in [1.82, 2.24) is 10.1 Å². The molecule has 10 heteroatoms. The van der Waals surface area contributed by atoms with Crippen LogP contribution in [0.3, 0.4) is 0 Å². The molecule has 5 rings (SSSR count). The summed E-state index contributed by atoms with van der Waals surface area (Å²) in [6.07, 6.45) is -4.23. The molecule has 0 bridgehead atoms. The van der Waals surface area contributed by atoms with Gasteiger partial charge in [-0.2, -0.15) is 18.2 Å². The molecule has 31 heavy (non-hydrogen) atoms. The fourth-order valence-electron chi connectivity index (χ4n) is 3.65. The van der Waals surface area contributed by atoms with Gasteiger partial charge < -0.3 is 18.9 Å². The Morgan fingerprint density at radius 3 is 2.48 bits per heavy atom. The van der Waals surface area contributed by atoms with E-state index in [1.165, 1.54) is 12.1 Å². The van der Waals surface area contributed by atoms with E-state index >= 15 is 0 Å². The van der Waals surface area contributed by atoms with Crippen molar-refractivity contribution in [3.05, 3.63) is 53.9 Å². The van der Waals surface area contributed by atoms with Gasteiger partial charge in [-0.25, -0.2) is 0 Å². The highest BCUT2D eigenvalue weighted by Crippen LogP contribution is 2.38.